The first-order valence-corrected chi connectivity index (χ1v) is 11.2. The predicted molar refractivity (Wildman–Crippen MR) is 121 cm³/mol. The van der Waals surface area contributed by atoms with Crippen LogP contribution in [0.25, 0.3) is 0 Å². The lowest BCUT2D eigenvalue weighted by molar-refractivity contribution is -0.153. The number of phenolic OH excluding ortho intramolecular Hbond substituents is 1. The summed E-state index contributed by atoms with van der Waals surface area (Å²) in [4.78, 5) is 15.9. The molecule has 0 saturated carbocycles. The maximum absolute atomic E-state index is 11.4. The summed E-state index contributed by atoms with van der Waals surface area (Å²) >= 11 is 4.03. The normalized spacial score (nSPS) is 12.8. The van der Waals surface area contributed by atoms with Crippen molar-refractivity contribution in [1.82, 2.24) is 0 Å². The number of carbonyl (C=O) groups is 1. The second-order valence-electron chi connectivity index (χ2n) is 6.19. The fraction of sp³-hybridized carbons (Fsp3) is 0.300. The zero-order valence-corrected chi connectivity index (χ0v) is 18.8. The van der Waals surface area contributed by atoms with Crippen molar-refractivity contribution >= 4 is 51.2 Å². The maximum Gasteiger partial charge on any atom is 0.333 e. The number of benzene rings is 1. The standard InChI is InChI=1S/C20H23NO5S3/c1-5-27-13(4)21-18-8-9-19(28-18)29-26-16-10-14(6-7-15(16)22)11-17(20(23)24)25-12(2)3/h5-10,12,17,22H,1,11H2,2-4H3,(H,23,24)/b21-13-. The van der Waals surface area contributed by atoms with Crippen LogP contribution in [0.15, 0.2) is 51.5 Å². The van der Waals surface area contributed by atoms with E-state index < -0.39 is 12.1 Å². The van der Waals surface area contributed by atoms with Crippen molar-refractivity contribution in [2.45, 2.75) is 43.6 Å². The van der Waals surface area contributed by atoms with Crippen molar-refractivity contribution in [3.8, 4) is 11.5 Å². The molecule has 0 aliphatic rings. The molecule has 0 aliphatic heterocycles. The summed E-state index contributed by atoms with van der Waals surface area (Å²) in [6.07, 6.45) is -0.995. The zero-order valence-electron chi connectivity index (χ0n) is 16.3. The maximum atomic E-state index is 11.4. The van der Waals surface area contributed by atoms with E-state index in [1.807, 2.05) is 19.1 Å². The molecular weight excluding hydrogens is 430 g/mol. The minimum absolute atomic E-state index is 0.0223. The first kappa shape index (κ1) is 23.3. The number of carboxylic acids is 1. The Labute approximate surface area is 182 Å². The molecule has 6 nitrogen and oxygen atoms in total. The molecule has 0 aliphatic carbocycles. The number of carboxylic acid groups (broad SMARTS) is 1. The van der Waals surface area contributed by atoms with Crippen molar-refractivity contribution in [3.05, 3.63) is 47.9 Å². The van der Waals surface area contributed by atoms with E-state index in [4.69, 9.17) is 8.92 Å². The number of nitrogens with zero attached hydrogens (tertiary/aromatic N) is 1. The third-order valence-electron chi connectivity index (χ3n) is 3.46. The monoisotopic (exact) mass is 453 g/mol. The van der Waals surface area contributed by atoms with Crippen LogP contribution in [-0.2, 0) is 16.0 Å². The number of aromatic hydroxyl groups is 1. The van der Waals surface area contributed by atoms with E-state index in [-0.39, 0.29) is 24.0 Å². The molecule has 1 unspecified atom stereocenters. The Balaban J connectivity index is 2.05. The van der Waals surface area contributed by atoms with Crippen molar-refractivity contribution in [2.24, 2.45) is 4.99 Å². The summed E-state index contributed by atoms with van der Waals surface area (Å²) in [6.45, 7) is 9.15. The van der Waals surface area contributed by atoms with Gasteiger partial charge in [0.25, 0.3) is 0 Å². The van der Waals surface area contributed by atoms with Gasteiger partial charge in [0.15, 0.2) is 17.6 Å². The van der Waals surface area contributed by atoms with E-state index in [2.05, 4.69) is 11.6 Å². The number of hydrogen-bond donors (Lipinski definition) is 2. The van der Waals surface area contributed by atoms with Gasteiger partial charge in [-0.1, -0.05) is 24.4 Å². The molecule has 0 fully saturated rings. The SMILES string of the molecule is C=CS/C(C)=N\c1ccc(SOc2cc(CC(OC(C)C)C(=O)O)ccc2O)s1. The first-order chi connectivity index (χ1) is 13.8. The van der Waals surface area contributed by atoms with E-state index in [0.29, 0.717) is 5.56 Å². The van der Waals surface area contributed by atoms with Gasteiger partial charge in [-0.3, -0.25) is 0 Å². The number of hydrogen-bond acceptors (Lipinski definition) is 8. The Hall–Kier alpha value is -1.94. The Morgan fingerprint density at radius 1 is 1.34 bits per heavy atom. The quantitative estimate of drug-likeness (QED) is 0.263. The second-order valence-corrected chi connectivity index (χ2v) is 9.45. The van der Waals surface area contributed by atoms with Crippen LogP contribution in [0.2, 0.25) is 0 Å². The number of phenols is 1. The van der Waals surface area contributed by atoms with Gasteiger partial charge in [0.1, 0.15) is 21.3 Å². The van der Waals surface area contributed by atoms with Crippen molar-refractivity contribution in [2.75, 3.05) is 0 Å². The number of thioether (sulfide) groups is 1. The summed E-state index contributed by atoms with van der Waals surface area (Å²) in [7, 11) is 0. The summed E-state index contributed by atoms with van der Waals surface area (Å²) < 4.78 is 12.0. The van der Waals surface area contributed by atoms with Crippen LogP contribution >= 0.6 is 35.1 Å². The molecule has 29 heavy (non-hydrogen) atoms. The number of rotatable bonds is 10. The smallest absolute Gasteiger partial charge is 0.333 e. The Bertz CT molecular complexity index is 879. The number of ether oxygens (including phenoxy) is 1. The average Bonchev–Trinajstić information content (AvgIpc) is 3.08. The van der Waals surface area contributed by atoms with E-state index in [1.54, 1.807) is 31.4 Å². The largest absolute Gasteiger partial charge is 0.504 e. The molecule has 0 amide bonds. The molecule has 0 saturated heterocycles. The van der Waals surface area contributed by atoms with Crippen LogP contribution in [0.4, 0.5) is 5.00 Å². The third-order valence-corrected chi connectivity index (χ3v) is 5.85. The van der Waals surface area contributed by atoms with E-state index in [1.165, 1.54) is 29.2 Å². The second kappa shape index (κ2) is 11.3. The topological polar surface area (TPSA) is 88.4 Å². The van der Waals surface area contributed by atoms with Gasteiger partial charge >= 0.3 is 5.97 Å². The summed E-state index contributed by atoms with van der Waals surface area (Å²) in [5.74, 6) is -0.788. The van der Waals surface area contributed by atoms with Crippen LogP contribution in [0.5, 0.6) is 11.5 Å². The summed E-state index contributed by atoms with van der Waals surface area (Å²) in [6, 6.07) is 8.54. The molecule has 0 radical (unpaired) electrons. The van der Waals surface area contributed by atoms with Crippen LogP contribution in [0.1, 0.15) is 26.3 Å². The van der Waals surface area contributed by atoms with Crippen molar-refractivity contribution in [1.29, 1.82) is 0 Å². The molecule has 9 heteroatoms. The molecule has 0 bridgehead atoms. The molecule has 2 N–H and O–H groups in total. The number of aliphatic imine (C=N–C) groups is 1. The molecule has 2 rings (SSSR count). The fourth-order valence-electron chi connectivity index (χ4n) is 2.29. The average molecular weight is 454 g/mol. The summed E-state index contributed by atoms with van der Waals surface area (Å²) in [5.41, 5.74) is 0.694. The van der Waals surface area contributed by atoms with E-state index in [9.17, 15) is 15.0 Å². The predicted octanol–water partition coefficient (Wildman–Crippen LogP) is 5.89. The van der Waals surface area contributed by atoms with Gasteiger partial charge in [-0.15, -0.1) is 11.3 Å². The molecule has 0 spiro atoms. The molecule has 2 aromatic rings. The van der Waals surface area contributed by atoms with E-state index in [0.717, 1.165) is 26.3 Å². The highest BCUT2D eigenvalue weighted by Gasteiger charge is 2.21. The van der Waals surface area contributed by atoms with Crippen LogP contribution < -0.4 is 4.18 Å². The fourth-order valence-corrected chi connectivity index (χ4v) is 4.33. The van der Waals surface area contributed by atoms with Crippen LogP contribution in [-0.4, -0.2) is 33.4 Å². The Kier molecular flexibility index (Phi) is 9.09. The molecule has 156 valence electrons. The number of aliphatic carboxylic acids is 1. The Morgan fingerprint density at radius 3 is 2.76 bits per heavy atom. The highest BCUT2D eigenvalue weighted by Crippen LogP contribution is 2.37. The van der Waals surface area contributed by atoms with Crippen LogP contribution in [0.3, 0.4) is 0 Å². The van der Waals surface area contributed by atoms with Gasteiger partial charge in [-0.05, 0) is 56.0 Å². The molecule has 1 aromatic carbocycles. The summed E-state index contributed by atoms with van der Waals surface area (Å²) in [5, 5.41) is 22.9. The van der Waals surface area contributed by atoms with Crippen LogP contribution in [0, 0.1) is 0 Å². The van der Waals surface area contributed by atoms with Gasteiger partial charge < -0.3 is 19.1 Å². The third kappa shape index (κ3) is 7.77. The van der Waals surface area contributed by atoms with E-state index >= 15 is 0 Å². The lowest BCUT2D eigenvalue weighted by Crippen LogP contribution is -2.29. The minimum Gasteiger partial charge on any atom is -0.504 e. The highest BCUT2D eigenvalue weighted by atomic mass is 32.2. The molecular formula is C20H23NO5S3. The van der Waals surface area contributed by atoms with Gasteiger partial charge in [0.05, 0.1) is 11.1 Å². The lowest BCUT2D eigenvalue weighted by Gasteiger charge is -2.17. The highest BCUT2D eigenvalue weighted by molar-refractivity contribution is 8.16. The van der Waals surface area contributed by atoms with Gasteiger partial charge in [0, 0.05) is 6.42 Å². The number of thiophene rings is 1. The van der Waals surface area contributed by atoms with Crippen molar-refractivity contribution < 1.29 is 23.9 Å². The van der Waals surface area contributed by atoms with Crippen molar-refractivity contribution in [3.63, 3.8) is 0 Å². The van der Waals surface area contributed by atoms with Gasteiger partial charge in [-0.25, -0.2) is 9.79 Å². The lowest BCUT2D eigenvalue weighted by atomic mass is 10.1. The minimum atomic E-state index is -1.03. The first-order valence-electron chi connectivity index (χ1n) is 8.76. The molecule has 1 atom stereocenters. The molecule has 1 aromatic heterocycles. The Morgan fingerprint density at radius 2 is 2.10 bits per heavy atom. The van der Waals surface area contributed by atoms with Gasteiger partial charge in [-0.2, -0.15) is 0 Å². The molecule has 1 heterocycles. The van der Waals surface area contributed by atoms with Gasteiger partial charge in [0.2, 0.25) is 0 Å². The zero-order chi connectivity index (χ0) is 21.4.